The average Bonchev–Trinajstić information content (AvgIpc) is 2.37. The molecule has 0 radical (unpaired) electrons. The summed E-state index contributed by atoms with van der Waals surface area (Å²) in [6.07, 6.45) is 0. The van der Waals surface area contributed by atoms with Crippen LogP contribution in [0, 0.1) is 0 Å². The van der Waals surface area contributed by atoms with Crippen LogP contribution in [0.1, 0.15) is 26.5 Å². The summed E-state index contributed by atoms with van der Waals surface area (Å²) in [7, 11) is 1.85. The highest BCUT2D eigenvalue weighted by molar-refractivity contribution is 9.10. The maximum Gasteiger partial charge on any atom is 0.161 e. The summed E-state index contributed by atoms with van der Waals surface area (Å²) in [6, 6.07) is 7.57. The Morgan fingerprint density at radius 2 is 1.90 bits per heavy atom. The zero-order valence-corrected chi connectivity index (χ0v) is 14.3. The van der Waals surface area contributed by atoms with E-state index < -0.39 is 0 Å². The molecule has 0 saturated carbocycles. The third kappa shape index (κ3) is 3.13. The molecule has 5 heteroatoms. The number of rotatable bonds is 2. The minimum atomic E-state index is -0.0826. The number of aromatic nitrogens is 2. The van der Waals surface area contributed by atoms with Gasteiger partial charge in [0, 0.05) is 23.0 Å². The Balaban J connectivity index is 2.66. The molecule has 3 nitrogen and oxygen atoms in total. The van der Waals surface area contributed by atoms with Crippen molar-refractivity contribution in [3.05, 3.63) is 39.5 Å². The van der Waals surface area contributed by atoms with Crippen LogP contribution < -0.4 is 5.32 Å². The van der Waals surface area contributed by atoms with Crippen molar-refractivity contribution in [2.45, 2.75) is 26.2 Å². The van der Waals surface area contributed by atoms with Crippen LogP contribution in [0.2, 0.25) is 5.02 Å². The van der Waals surface area contributed by atoms with E-state index in [4.69, 9.17) is 16.6 Å². The lowest BCUT2D eigenvalue weighted by Crippen LogP contribution is -2.17. The first-order valence-corrected chi connectivity index (χ1v) is 7.51. The van der Waals surface area contributed by atoms with Gasteiger partial charge >= 0.3 is 0 Å². The van der Waals surface area contributed by atoms with E-state index >= 15 is 0 Å². The Labute approximate surface area is 132 Å². The number of hydrogen-bond acceptors (Lipinski definition) is 3. The molecule has 0 aliphatic carbocycles. The summed E-state index contributed by atoms with van der Waals surface area (Å²) in [5.41, 5.74) is 1.79. The molecular weight excluding hydrogens is 338 g/mol. The van der Waals surface area contributed by atoms with Gasteiger partial charge in [0.1, 0.15) is 5.82 Å². The Bertz CT molecular complexity index is 636. The van der Waals surface area contributed by atoms with E-state index in [1.807, 2.05) is 31.3 Å². The second kappa shape index (κ2) is 5.70. The fourth-order valence-corrected chi connectivity index (χ4v) is 3.03. The number of halogens is 2. The largest absolute Gasteiger partial charge is 0.372 e. The van der Waals surface area contributed by atoms with Crippen molar-refractivity contribution in [1.29, 1.82) is 0 Å². The molecule has 0 aliphatic heterocycles. The molecule has 1 heterocycles. The summed E-state index contributed by atoms with van der Waals surface area (Å²) in [6.45, 7) is 6.38. The first kappa shape index (κ1) is 15.3. The normalized spacial score (nSPS) is 11.5. The highest BCUT2D eigenvalue weighted by Crippen LogP contribution is 2.34. The third-order valence-electron chi connectivity index (χ3n) is 2.88. The lowest BCUT2D eigenvalue weighted by Gasteiger charge is -2.21. The maximum absolute atomic E-state index is 6.05. The molecule has 0 spiro atoms. The Morgan fingerprint density at radius 1 is 1.20 bits per heavy atom. The van der Waals surface area contributed by atoms with Gasteiger partial charge in [0.2, 0.25) is 0 Å². The predicted molar refractivity (Wildman–Crippen MR) is 88.4 cm³/mol. The van der Waals surface area contributed by atoms with E-state index in [1.54, 1.807) is 0 Å². The quantitative estimate of drug-likeness (QED) is 0.833. The fraction of sp³-hybridized carbons (Fsp3) is 0.333. The molecule has 1 aromatic carbocycles. The second-order valence-electron chi connectivity index (χ2n) is 5.57. The van der Waals surface area contributed by atoms with E-state index in [2.05, 4.69) is 47.0 Å². The number of hydrogen-bond donors (Lipinski definition) is 1. The Kier molecular flexibility index (Phi) is 4.35. The van der Waals surface area contributed by atoms with Gasteiger partial charge in [-0.2, -0.15) is 0 Å². The first-order valence-electron chi connectivity index (χ1n) is 6.34. The molecule has 0 bridgehead atoms. The molecule has 20 heavy (non-hydrogen) atoms. The minimum Gasteiger partial charge on any atom is -0.372 e. The van der Waals surface area contributed by atoms with Gasteiger partial charge in [0.25, 0.3) is 0 Å². The Morgan fingerprint density at radius 3 is 2.45 bits per heavy atom. The summed E-state index contributed by atoms with van der Waals surface area (Å²) in [5.74, 6) is 1.45. The summed E-state index contributed by atoms with van der Waals surface area (Å²) in [4.78, 5) is 9.26. The van der Waals surface area contributed by atoms with Crippen LogP contribution in [0.5, 0.6) is 0 Å². The van der Waals surface area contributed by atoms with Gasteiger partial charge in [-0.3, -0.25) is 0 Å². The van der Waals surface area contributed by atoms with Crippen LogP contribution in [-0.2, 0) is 5.41 Å². The zero-order chi connectivity index (χ0) is 14.9. The second-order valence-corrected chi connectivity index (χ2v) is 6.80. The van der Waals surface area contributed by atoms with E-state index in [1.165, 1.54) is 0 Å². The van der Waals surface area contributed by atoms with Gasteiger partial charge in [-0.1, -0.05) is 44.5 Å². The monoisotopic (exact) mass is 353 g/mol. The SMILES string of the molecule is CNc1nc(-c2cccc(Cl)c2)nc(C(C)(C)C)c1Br. The van der Waals surface area contributed by atoms with Gasteiger partial charge < -0.3 is 5.32 Å². The van der Waals surface area contributed by atoms with Crippen molar-refractivity contribution in [2.24, 2.45) is 0 Å². The highest BCUT2D eigenvalue weighted by Gasteiger charge is 2.23. The number of anilines is 1. The van der Waals surface area contributed by atoms with E-state index in [-0.39, 0.29) is 5.41 Å². The maximum atomic E-state index is 6.05. The fourth-order valence-electron chi connectivity index (χ4n) is 1.87. The van der Waals surface area contributed by atoms with Gasteiger partial charge in [-0.25, -0.2) is 9.97 Å². The van der Waals surface area contributed by atoms with Gasteiger partial charge in [-0.15, -0.1) is 0 Å². The standard InChI is InChI=1S/C15H17BrClN3/c1-15(2,3)12-11(16)14(18-4)20-13(19-12)9-6-5-7-10(17)8-9/h5-8H,1-4H3,(H,18,19,20). The van der Waals surface area contributed by atoms with Crippen molar-refractivity contribution in [3.63, 3.8) is 0 Å². The van der Waals surface area contributed by atoms with Crippen molar-refractivity contribution in [3.8, 4) is 11.4 Å². The molecule has 0 fully saturated rings. The van der Waals surface area contributed by atoms with Crippen LogP contribution in [0.3, 0.4) is 0 Å². The molecule has 1 aromatic heterocycles. The molecule has 0 atom stereocenters. The van der Waals surface area contributed by atoms with Crippen LogP contribution in [0.25, 0.3) is 11.4 Å². The van der Waals surface area contributed by atoms with Crippen LogP contribution >= 0.6 is 27.5 Å². The predicted octanol–water partition coefficient (Wildman–Crippen LogP) is 4.90. The number of nitrogens with one attached hydrogen (secondary N) is 1. The van der Waals surface area contributed by atoms with Gasteiger partial charge in [0.05, 0.1) is 10.2 Å². The number of benzene rings is 1. The topological polar surface area (TPSA) is 37.8 Å². The van der Waals surface area contributed by atoms with Crippen molar-refractivity contribution in [2.75, 3.05) is 12.4 Å². The van der Waals surface area contributed by atoms with Crippen LogP contribution in [0.15, 0.2) is 28.7 Å². The lowest BCUT2D eigenvalue weighted by molar-refractivity contribution is 0.564. The average molecular weight is 355 g/mol. The van der Waals surface area contributed by atoms with Crippen LogP contribution in [-0.4, -0.2) is 17.0 Å². The molecule has 0 aliphatic rings. The number of nitrogens with zero attached hydrogens (tertiary/aromatic N) is 2. The molecule has 1 N–H and O–H groups in total. The van der Waals surface area contributed by atoms with Crippen molar-refractivity contribution in [1.82, 2.24) is 9.97 Å². The highest BCUT2D eigenvalue weighted by atomic mass is 79.9. The first-order chi connectivity index (χ1) is 9.32. The minimum absolute atomic E-state index is 0.0826. The molecule has 2 aromatic rings. The third-order valence-corrected chi connectivity index (χ3v) is 3.87. The van der Waals surface area contributed by atoms with Gasteiger partial charge in [-0.05, 0) is 28.1 Å². The van der Waals surface area contributed by atoms with Gasteiger partial charge in [0.15, 0.2) is 5.82 Å². The zero-order valence-electron chi connectivity index (χ0n) is 12.0. The van der Waals surface area contributed by atoms with E-state index in [0.29, 0.717) is 10.8 Å². The van der Waals surface area contributed by atoms with E-state index in [0.717, 1.165) is 21.5 Å². The molecule has 0 unspecified atom stereocenters. The lowest BCUT2D eigenvalue weighted by atomic mass is 9.91. The summed E-state index contributed by atoms with van der Waals surface area (Å²) >= 11 is 9.63. The molecular formula is C15H17BrClN3. The molecule has 2 rings (SSSR count). The summed E-state index contributed by atoms with van der Waals surface area (Å²) < 4.78 is 0.901. The van der Waals surface area contributed by atoms with E-state index in [9.17, 15) is 0 Å². The van der Waals surface area contributed by atoms with Crippen molar-refractivity contribution < 1.29 is 0 Å². The molecule has 106 valence electrons. The molecule has 0 saturated heterocycles. The Hall–Kier alpha value is -1.13. The summed E-state index contributed by atoms with van der Waals surface area (Å²) in [5, 5.41) is 3.78. The molecule has 0 amide bonds. The van der Waals surface area contributed by atoms with Crippen molar-refractivity contribution >= 4 is 33.3 Å². The van der Waals surface area contributed by atoms with Crippen LogP contribution in [0.4, 0.5) is 5.82 Å². The smallest absolute Gasteiger partial charge is 0.161 e.